The van der Waals surface area contributed by atoms with Gasteiger partial charge in [0.15, 0.2) is 18.1 Å². The first-order chi connectivity index (χ1) is 15.1. The van der Waals surface area contributed by atoms with E-state index in [1.165, 1.54) is 17.0 Å². The first-order valence-corrected chi connectivity index (χ1v) is 10.2. The number of furan rings is 1. The zero-order valence-corrected chi connectivity index (χ0v) is 17.2. The molecule has 0 saturated carbocycles. The van der Waals surface area contributed by atoms with E-state index in [1.54, 1.807) is 17.0 Å². The number of tetrazole rings is 1. The van der Waals surface area contributed by atoms with Gasteiger partial charge in [0.05, 0.1) is 6.26 Å². The minimum Gasteiger partial charge on any atom is -0.465 e. The van der Waals surface area contributed by atoms with E-state index < -0.39 is 5.97 Å². The van der Waals surface area contributed by atoms with Crippen molar-refractivity contribution in [1.29, 1.82) is 0 Å². The Morgan fingerprint density at radius 3 is 2.81 bits per heavy atom. The molecule has 1 aromatic carbocycles. The van der Waals surface area contributed by atoms with Crippen LogP contribution in [0.2, 0.25) is 0 Å². The van der Waals surface area contributed by atoms with Gasteiger partial charge in [-0.25, -0.2) is 4.79 Å². The number of benzene rings is 1. The number of nitrogens with zero attached hydrogens (tertiary/aromatic N) is 5. The van der Waals surface area contributed by atoms with Gasteiger partial charge >= 0.3 is 5.97 Å². The lowest BCUT2D eigenvalue weighted by Crippen LogP contribution is -2.41. The zero-order chi connectivity index (χ0) is 21.6. The fraction of sp³-hybridized carbons (Fsp3) is 0.318. The van der Waals surface area contributed by atoms with E-state index in [1.807, 2.05) is 30.3 Å². The van der Waals surface area contributed by atoms with Crippen molar-refractivity contribution in [3.8, 4) is 11.4 Å². The van der Waals surface area contributed by atoms with Gasteiger partial charge in [-0.1, -0.05) is 37.3 Å². The number of carbonyl (C=O) groups is 2. The van der Waals surface area contributed by atoms with E-state index in [0.717, 1.165) is 18.4 Å². The van der Waals surface area contributed by atoms with E-state index in [4.69, 9.17) is 9.15 Å². The normalized spacial score (nSPS) is 16.9. The Morgan fingerprint density at radius 2 is 2.06 bits per heavy atom. The summed E-state index contributed by atoms with van der Waals surface area (Å²) in [6, 6.07) is 12.6. The number of piperidine rings is 1. The van der Waals surface area contributed by atoms with Crippen molar-refractivity contribution in [3.63, 3.8) is 0 Å². The third-order valence-corrected chi connectivity index (χ3v) is 5.10. The van der Waals surface area contributed by atoms with Gasteiger partial charge in [0.25, 0.3) is 5.91 Å². The molecule has 0 radical (unpaired) electrons. The molecule has 3 heterocycles. The fourth-order valence-corrected chi connectivity index (χ4v) is 3.54. The summed E-state index contributed by atoms with van der Waals surface area (Å²) in [5.41, 5.74) is 0.766. The number of amides is 1. The molecule has 2 aromatic heterocycles. The number of esters is 1. The topological polar surface area (TPSA) is 103 Å². The minimum absolute atomic E-state index is 0.0404. The summed E-state index contributed by atoms with van der Waals surface area (Å²) in [5.74, 6) is 0.304. The average Bonchev–Trinajstić information content (AvgIpc) is 3.48. The third-order valence-electron chi connectivity index (χ3n) is 5.10. The van der Waals surface area contributed by atoms with Crippen LogP contribution in [0.3, 0.4) is 0 Å². The van der Waals surface area contributed by atoms with Crippen LogP contribution in [0.4, 0.5) is 0 Å². The van der Waals surface area contributed by atoms with Crippen molar-refractivity contribution >= 4 is 23.6 Å². The van der Waals surface area contributed by atoms with E-state index in [0.29, 0.717) is 30.6 Å². The SMILES string of the molecule is C[C@@H]1CCCN(C(=O)COC(=O)/C(=C/c2ccco2)n2nnnc2-c2ccccc2)C1. The summed E-state index contributed by atoms with van der Waals surface area (Å²) in [6.07, 6.45) is 5.03. The highest BCUT2D eigenvalue weighted by molar-refractivity contribution is 6.15. The van der Waals surface area contributed by atoms with Gasteiger partial charge in [0.1, 0.15) is 5.76 Å². The summed E-state index contributed by atoms with van der Waals surface area (Å²) >= 11 is 0. The number of likely N-dealkylation sites (tertiary alicyclic amines) is 1. The van der Waals surface area contributed by atoms with Gasteiger partial charge in [-0.05, 0) is 41.3 Å². The highest BCUT2D eigenvalue weighted by atomic mass is 16.5. The predicted octanol–water partition coefficient (Wildman–Crippen LogP) is 2.73. The molecule has 3 aromatic rings. The number of hydrogen-bond donors (Lipinski definition) is 0. The number of hydrogen-bond acceptors (Lipinski definition) is 7. The van der Waals surface area contributed by atoms with E-state index in [-0.39, 0.29) is 18.2 Å². The zero-order valence-electron chi connectivity index (χ0n) is 17.2. The van der Waals surface area contributed by atoms with Crippen LogP contribution in [0.15, 0.2) is 53.1 Å². The van der Waals surface area contributed by atoms with E-state index in [2.05, 4.69) is 22.4 Å². The lowest BCUT2D eigenvalue weighted by molar-refractivity contribution is -0.148. The predicted molar refractivity (Wildman–Crippen MR) is 112 cm³/mol. The molecule has 1 atom stereocenters. The van der Waals surface area contributed by atoms with Crippen molar-refractivity contribution in [2.24, 2.45) is 5.92 Å². The lowest BCUT2D eigenvalue weighted by atomic mass is 10.0. The second-order valence-electron chi connectivity index (χ2n) is 7.49. The van der Waals surface area contributed by atoms with Crippen LogP contribution in [0, 0.1) is 5.92 Å². The van der Waals surface area contributed by atoms with Crippen molar-refractivity contribution in [3.05, 3.63) is 54.5 Å². The highest BCUT2D eigenvalue weighted by Crippen LogP contribution is 2.21. The standard InChI is InChI=1S/C22H23N5O4/c1-16-7-5-11-26(14-16)20(28)15-31-22(29)19(13-18-10-6-12-30-18)27-21(23-24-25-27)17-8-3-2-4-9-17/h2-4,6,8-10,12-13,16H,5,7,11,14-15H2,1H3/b19-13-/t16-/m1/s1. The van der Waals surface area contributed by atoms with Crippen LogP contribution >= 0.6 is 0 Å². The summed E-state index contributed by atoms with van der Waals surface area (Å²) in [7, 11) is 0. The summed E-state index contributed by atoms with van der Waals surface area (Å²) < 4.78 is 12.0. The molecule has 0 bridgehead atoms. The Kier molecular flexibility index (Phi) is 6.21. The molecule has 4 rings (SSSR count). The third kappa shape index (κ3) is 4.88. The first kappa shape index (κ1) is 20.5. The maximum Gasteiger partial charge on any atom is 0.357 e. The van der Waals surface area contributed by atoms with Gasteiger partial charge in [0.2, 0.25) is 0 Å². The molecule has 0 spiro atoms. The highest BCUT2D eigenvalue weighted by Gasteiger charge is 2.25. The molecular formula is C22H23N5O4. The minimum atomic E-state index is -0.723. The molecular weight excluding hydrogens is 398 g/mol. The Hall–Kier alpha value is -3.75. The molecule has 1 amide bonds. The number of rotatable bonds is 6. The molecule has 1 aliphatic heterocycles. The van der Waals surface area contributed by atoms with Crippen LogP contribution in [0.1, 0.15) is 25.5 Å². The van der Waals surface area contributed by atoms with Gasteiger partial charge in [-0.3, -0.25) is 4.79 Å². The molecule has 1 fully saturated rings. The van der Waals surface area contributed by atoms with Crippen LogP contribution in [0.25, 0.3) is 23.2 Å². The molecule has 1 saturated heterocycles. The summed E-state index contributed by atoms with van der Waals surface area (Å²) in [5, 5.41) is 11.7. The molecule has 0 aliphatic carbocycles. The summed E-state index contributed by atoms with van der Waals surface area (Å²) in [6.45, 7) is 3.12. The van der Waals surface area contributed by atoms with Gasteiger partial charge in [-0.2, -0.15) is 4.68 Å². The van der Waals surface area contributed by atoms with Crippen LogP contribution in [0.5, 0.6) is 0 Å². The Morgan fingerprint density at radius 1 is 1.23 bits per heavy atom. The maximum atomic E-state index is 13.0. The van der Waals surface area contributed by atoms with E-state index >= 15 is 0 Å². The van der Waals surface area contributed by atoms with Crippen LogP contribution < -0.4 is 0 Å². The molecule has 160 valence electrons. The Bertz CT molecular complexity index is 1060. The Balaban J connectivity index is 1.56. The van der Waals surface area contributed by atoms with Crippen molar-refractivity contribution in [2.45, 2.75) is 19.8 Å². The maximum absolute atomic E-state index is 13.0. The number of carbonyl (C=O) groups excluding carboxylic acids is 2. The molecule has 9 nitrogen and oxygen atoms in total. The van der Waals surface area contributed by atoms with Crippen molar-refractivity contribution in [1.82, 2.24) is 25.1 Å². The van der Waals surface area contributed by atoms with Crippen molar-refractivity contribution in [2.75, 3.05) is 19.7 Å². The molecule has 0 N–H and O–H groups in total. The fourth-order valence-electron chi connectivity index (χ4n) is 3.54. The average molecular weight is 421 g/mol. The smallest absolute Gasteiger partial charge is 0.357 e. The second kappa shape index (κ2) is 9.38. The lowest BCUT2D eigenvalue weighted by Gasteiger charge is -2.30. The van der Waals surface area contributed by atoms with Gasteiger partial charge < -0.3 is 14.1 Å². The molecule has 9 heteroatoms. The van der Waals surface area contributed by atoms with Gasteiger partial charge in [0, 0.05) is 24.7 Å². The quantitative estimate of drug-likeness (QED) is 0.445. The second-order valence-corrected chi connectivity index (χ2v) is 7.49. The first-order valence-electron chi connectivity index (χ1n) is 10.2. The van der Waals surface area contributed by atoms with E-state index in [9.17, 15) is 9.59 Å². The monoisotopic (exact) mass is 421 g/mol. The number of aromatic nitrogens is 4. The molecule has 31 heavy (non-hydrogen) atoms. The molecule has 1 aliphatic rings. The van der Waals surface area contributed by atoms with Crippen LogP contribution in [-0.2, 0) is 14.3 Å². The Labute approximate surface area is 179 Å². The van der Waals surface area contributed by atoms with Gasteiger partial charge in [-0.15, -0.1) is 5.10 Å². The van der Waals surface area contributed by atoms with Crippen molar-refractivity contribution < 1.29 is 18.7 Å². The molecule has 0 unspecified atom stereocenters. The summed E-state index contributed by atoms with van der Waals surface area (Å²) in [4.78, 5) is 27.2. The largest absolute Gasteiger partial charge is 0.465 e. The van der Waals surface area contributed by atoms with Crippen LogP contribution in [-0.4, -0.2) is 56.7 Å². The number of ether oxygens (including phenoxy) is 1.